The van der Waals surface area contributed by atoms with E-state index in [2.05, 4.69) is 17.0 Å². The van der Waals surface area contributed by atoms with Crippen molar-refractivity contribution in [3.8, 4) is 11.5 Å². The van der Waals surface area contributed by atoms with Crippen molar-refractivity contribution in [1.82, 2.24) is 0 Å². The van der Waals surface area contributed by atoms with Crippen molar-refractivity contribution in [2.45, 2.75) is 19.8 Å². The van der Waals surface area contributed by atoms with E-state index < -0.39 is 11.3 Å². The van der Waals surface area contributed by atoms with Crippen LogP contribution in [-0.2, 0) is 11.3 Å². The van der Waals surface area contributed by atoms with Crippen LogP contribution in [0.4, 0.5) is 11.4 Å². The Hall–Kier alpha value is -1.96. The molecule has 7 heteroatoms. The summed E-state index contributed by atoms with van der Waals surface area (Å²) in [6.45, 7) is 2.88. The van der Waals surface area contributed by atoms with Crippen molar-refractivity contribution < 1.29 is 13.5 Å². The van der Waals surface area contributed by atoms with Crippen molar-refractivity contribution in [3.05, 3.63) is 48.0 Å². The molecule has 1 atom stereocenters. The summed E-state index contributed by atoms with van der Waals surface area (Å²) in [6, 6.07) is 12.8. The molecule has 0 bridgehead atoms. The quantitative estimate of drug-likeness (QED) is 0.345. The number of hydrogen-bond donors (Lipinski definition) is 3. The van der Waals surface area contributed by atoms with Crippen LogP contribution in [0.2, 0.25) is 0 Å². The first-order valence-corrected chi connectivity index (χ1v) is 9.19. The summed E-state index contributed by atoms with van der Waals surface area (Å²) in [6.07, 6.45) is 2.06. The van der Waals surface area contributed by atoms with Crippen LogP contribution in [0, 0.1) is 0 Å². The molecule has 0 aliphatic carbocycles. The Labute approximate surface area is 149 Å². The second kappa shape index (κ2) is 9.36. The van der Waals surface area contributed by atoms with Crippen LogP contribution in [0.3, 0.4) is 0 Å². The SMILES string of the molecule is CCCCNc1cc(C=S)cc(NS(=O)O)c1Oc1ccccc1. The Kier molecular flexibility index (Phi) is 7.17. The van der Waals surface area contributed by atoms with Crippen molar-refractivity contribution >= 4 is 40.2 Å². The summed E-state index contributed by atoms with van der Waals surface area (Å²) in [5.41, 5.74) is 1.87. The van der Waals surface area contributed by atoms with Gasteiger partial charge in [0.25, 0.3) is 11.3 Å². The highest BCUT2D eigenvalue weighted by Gasteiger charge is 2.14. The number of thiocarbonyl (C=S) groups is 1. The van der Waals surface area contributed by atoms with Crippen molar-refractivity contribution in [1.29, 1.82) is 0 Å². The molecular formula is C17H20N2O3S2. The van der Waals surface area contributed by atoms with Gasteiger partial charge in [-0.25, -0.2) is 4.21 Å². The summed E-state index contributed by atoms with van der Waals surface area (Å²) >= 11 is 2.78. The Morgan fingerprint density at radius 1 is 1.25 bits per heavy atom. The summed E-state index contributed by atoms with van der Waals surface area (Å²) in [5.74, 6) is 1.10. The Bertz CT molecular complexity index is 708. The van der Waals surface area contributed by atoms with Gasteiger partial charge in [0.05, 0.1) is 11.4 Å². The van der Waals surface area contributed by atoms with Gasteiger partial charge in [0.2, 0.25) is 0 Å². The van der Waals surface area contributed by atoms with Crippen LogP contribution < -0.4 is 14.8 Å². The molecule has 2 rings (SSSR count). The molecule has 0 aliphatic rings. The molecule has 0 fully saturated rings. The molecular weight excluding hydrogens is 344 g/mol. The number of nitrogens with one attached hydrogen (secondary N) is 2. The molecule has 5 nitrogen and oxygen atoms in total. The molecule has 0 amide bonds. The van der Waals surface area contributed by atoms with Crippen molar-refractivity contribution in [3.63, 3.8) is 0 Å². The predicted molar refractivity (Wildman–Crippen MR) is 104 cm³/mol. The molecule has 3 N–H and O–H groups in total. The zero-order chi connectivity index (χ0) is 17.4. The van der Waals surface area contributed by atoms with Gasteiger partial charge in [-0.15, -0.1) is 0 Å². The second-order valence-corrected chi connectivity index (χ2v) is 6.05. The maximum absolute atomic E-state index is 11.2. The molecule has 0 radical (unpaired) electrons. The highest BCUT2D eigenvalue weighted by Crippen LogP contribution is 2.38. The van der Waals surface area contributed by atoms with E-state index in [0.717, 1.165) is 30.6 Å². The molecule has 1 unspecified atom stereocenters. The largest absolute Gasteiger partial charge is 0.453 e. The first-order valence-electron chi connectivity index (χ1n) is 7.61. The molecule has 2 aromatic rings. The number of rotatable bonds is 9. The highest BCUT2D eigenvalue weighted by molar-refractivity contribution is 7.80. The van der Waals surface area contributed by atoms with Gasteiger partial charge >= 0.3 is 0 Å². The Morgan fingerprint density at radius 2 is 1.96 bits per heavy atom. The van der Waals surface area contributed by atoms with E-state index in [4.69, 9.17) is 17.0 Å². The number of unbranched alkanes of at least 4 members (excludes halogenated alkanes) is 1. The molecule has 0 heterocycles. The standard InChI is InChI=1S/C17H20N2O3S2/c1-2-3-9-18-15-10-13(12-23)11-16(19-24(20)21)17(15)22-14-7-5-4-6-8-14/h4-8,10-12,18-19H,2-3,9H2,1H3,(H,20,21). The normalized spacial score (nSPS) is 11.6. The summed E-state index contributed by atoms with van der Waals surface area (Å²) < 4.78 is 28.9. The molecule has 24 heavy (non-hydrogen) atoms. The second-order valence-electron chi connectivity index (χ2n) is 5.11. The van der Waals surface area contributed by atoms with Crippen molar-refractivity contribution in [2.24, 2.45) is 0 Å². The van der Waals surface area contributed by atoms with E-state index in [0.29, 0.717) is 17.2 Å². The van der Waals surface area contributed by atoms with Crippen LogP contribution in [0.5, 0.6) is 11.5 Å². The molecule has 0 spiro atoms. The third-order valence-corrected chi connectivity index (χ3v) is 3.92. The molecule has 0 aromatic heterocycles. The van der Waals surface area contributed by atoms with E-state index in [1.165, 1.54) is 5.37 Å². The van der Waals surface area contributed by atoms with Gasteiger partial charge in [-0.3, -0.25) is 9.27 Å². The van der Waals surface area contributed by atoms with Gasteiger partial charge in [-0.2, -0.15) is 0 Å². The average Bonchev–Trinajstić information content (AvgIpc) is 2.57. The van der Waals surface area contributed by atoms with Crippen LogP contribution in [0.15, 0.2) is 42.5 Å². The third kappa shape index (κ3) is 5.30. The lowest BCUT2D eigenvalue weighted by molar-refractivity contribution is 0.486. The lowest BCUT2D eigenvalue weighted by Gasteiger charge is -2.18. The third-order valence-electron chi connectivity index (χ3n) is 3.25. The van der Waals surface area contributed by atoms with Crippen LogP contribution in [0.25, 0.3) is 0 Å². The zero-order valence-corrected chi connectivity index (χ0v) is 15.0. The van der Waals surface area contributed by atoms with E-state index in [9.17, 15) is 8.76 Å². The number of ether oxygens (including phenoxy) is 1. The number of hydrogen-bond acceptors (Lipinski definition) is 4. The monoisotopic (exact) mass is 364 g/mol. The van der Waals surface area contributed by atoms with E-state index in [-0.39, 0.29) is 0 Å². The van der Waals surface area contributed by atoms with Crippen molar-refractivity contribution in [2.75, 3.05) is 16.6 Å². The molecule has 0 saturated heterocycles. The molecule has 0 aliphatic heterocycles. The summed E-state index contributed by atoms with van der Waals surface area (Å²) in [7, 11) is 0. The van der Waals surface area contributed by atoms with Gasteiger partial charge < -0.3 is 10.1 Å². The topological polar surface area (TPSA) is 70.6 Å². The fourth-order valence-corrected chi connectivity index (χ4v) is 2.61. The fraction of sp³-hybridized carbons (Fsp3) is 0.235. The minimum absolute atomic E-state index is 0.400. The first-order chi connectivity index (χ1) is 11.6. The van der Waals surface area contributed by atoms with Gasteiger partial charge in [0, 0.05) is 11.9 Å². The zero-order valence-electron chi connectivity index (χ0n) is 13.3. The van der Waals surface area contributed by atoms with Gasteiger partial charge in [0.15, 0.2) is 5.75 Å². The minimum atomic E-state index is -2.22. The maximum Gasteiger partial charge on any atom is 0.259 e. The highest BCUT2D eigenvalue weighted by atomic mass is 32.2. The summed E-state index contributed by atoms with van der Waals surface area (Å²) in [4.78, 5) is 0. The number of anilines is 2. The van der Waals surface area contributed by atoms with E-state index in [1.54, 1.807) is 6.07 Å². The lowest BCUT2D eigenvalue weighted by Crippen LogP contribution is -2.08. The maximum atomic E-state index is 11.2. The summed E-state index contributed by atoms with van der Waals surface area (Å²) in [5, 5.41) is 4.83. The molecule has 2 aromatic carbocycles. The lowest BCUT2D eigenvalue weighted by atomic mass is 10.1. The fourth-order valence-electron chi connectivity index (χ4n) is 2.14. The molecule has 128 valence electrons. The average molecular weight is 364 g/mol. The van der Waals surface area contributed by atoms with Gasteiger partial charge in [-0.05, 0) is 36.2 Å². The van der Waals surface area contributed by atoms with E-state index >= 15 is 0 Å². The first kappa shape index (κ1) is 18.4. The van der Waals surface area contributed by atoms with Crippen LogP contribution >= 0.6 is 12.2 Å². The Balaban J connectivity index is 2.43. The molecule has 0 saturated carbocycles. The van der Waals surface area contributed by atoms with Gasteiger partial charge in [0.1, 0.15) is 5.75 Å². The predicted octanol–water partition coefficient (Wildman–Crippen LogP) is 4.59. The van der Waals surface area contributed by atoms with Gasteiger partial charge in [-0.1, -0.05) is 43.8 Å². The number of benzene rings is 2. The van der Waals surface area contributed by atoms with Crippen LogP contribution in [0.1, 0.15) is 25.3 Å². The van der Waals surface area contributed by atoms with E-state index in [1.807, 2.05) is 36.4 Å². The van der Waals surface area contributed by atoms with Crippen LogP contribution in [-0.4, -0.2) is 20.7 Å². The smallest absolute Gasteiger partial charge is 0.259 e. The number of para-hydroxylation sites is 1. The minimum Gasteiger partial charge on any atom is -0.453 e. The Morgan fingerprint density at radius 3 is 2.58 bits per heavy atom.